The zero-order chi connectivity index (χ0) is 53.5. The molecule has 402 valence electrons. The zero-order valence-corrected chi connectivity index (χ0v) is 45.0. The van der Waals surface area contributed by atoms with Gasteiger partial charge in [0.25, 0.3) is 0 Å². The predicted molar refractivity (Wildman–Crippen MR) is 279 cm³/mol. The molecule has 1 aliphatic carbocycles. The Hall–Kier alpha value is -5.21. The summed E-state index contributed by atoms with van der Waals surface area (Å²) in [6.45, 7) is 13.2. The molecule has 3 N–H and O–H groups in total. The molecule has 1 unspecified atom stereocenters. The van der Waals surface area contributed by atoms with Gasteiger partial charge in [0.05, 0.1) is 67.3 Å². The highest BCUT2D eigenvalue weighted by atomic mass is 32.1. The van der Waals surface area contributed by atoms with E-state index >= 15 is 13.2 Å². The number of carbonyl (C=O) groups excluding carboxylic acids is 3. The minimum atomic E-state index is -1.59. The van der Waals surface area contributed by atoms with E-state index in [1.54, 1.807) is 11.3 Å². The van der Waals surface area contributed by atoms with Crippen LogP contribution in [0.25, 0.3) is 16.0 Å². The number of thiazole rings is 1. The Bertz CT molecular complexity index is 2590. The number of nitrogens with zero attached hydrogens (tertiary/aromatic N) is 4. The number of β-amino-alcohol motifs (C(OH)–C–C–N with tert-alkyl or cyclic N) is 1. The highest BCUT2D eigenvalue weighted by molar-refractivity contribution is 7.13. The van der Waals surface area contributed by atoms with E-state index in [4.69, 9.17) is 18.9 Å². The molecule has 0 bridgehead atoms. The van der Waals surface area contributed by atoms with Crippen LogP contribution in [0.15, 0.2) is 71.7 Å². The van der Waals surface area contributed by atoms with E-state index < -0.39 is 70.7 Å². The number of carbonyl (C=O) groups is 3. The Morgan fingerprint density at radius 2 is 1.57 bits per heavy atom. The summed E-state index contributed by atoms with van der Waals surface area (Å²) in [4.78, 5) is 52.0. The topological polar surface area (TPSA) is 155 Å². The maximum Gasteiger partial charge on any atom is 0.246 e. The highest BCUT2D eigenvalue weighted by Crippen LogP contribution is 2.50. The number of amides is 3. The Kier molecular flexibility index (Phi) is 18.8. The van der Waals surface area contributed by atoms with Gasteiger partial charge in [-0.25, -0.2) is 18.2 Å². The Balaban J connectivity index is 0.828. The molecule has 74 heavy (non-hydrogen) atoms. The quantitative estimate of drug-likeness (QED) is 0.0629. The molecule has 3 amide bonds. The third-order valence-electron chi connectivity index (χ3n) is 13.7. The number of likely N-dealkylation sites (N-methyl/N-ethyl adjacent to an activating group) is 1. The number of likely N-dealkylation sites (tertiary alicyclic amines) is 1. The summed E-state index contributed by atoms with van der Waals surface area (Å²) in [6, 6.07) is 15.0. The molecule has 18 heteroatoms. The molecule has 1 aromatic heterocycles. The standard InChI is InChI=1S/C56H73F3N6O8S/c1-34-24-42-41-13-11-10-12-38(41)25-43(42)50(65(34)32-56(6,7)59)49-44(57)27-40(28-45(49)58)73-23-22-71-19-18-70-20-21-72-31-48(67)62-52(55(3,4)5)54(69)64-29-39(66)26-47(64)53(68)61-46(30-63(8)9)36-14-16-37(17-15-36)51-35(2)60-33-74-51/h10-17,27-28,33-34,39,46-47,50,52,66H,18-26,29-32H2,1-9H3,(H,61,68)(H,62,67)/t34-,39-,46+,47+,50?,52-/m1/s1. The molecule has 1 saturated heterocycles. The van der Waals surface area contributed by atoms with Crippen LogP contribution in [0.4, 0.5) is 13.2 Å². The van der Waals surface area contributed by atoms with Gasteiger partial charge in [-0.05, 0) is 93.4 Å². The number of alkyl halides is 1. The second-order valence-electron chi connectivity index (χ2n) is 21.6. The number of ether oxygens (including phenoxy) is 4. The van der Waals surface area contributed by atoms with Crippen molar-refractivity contribution in [1.82, 2.24) is 30.3 Å². The summed E-state index contributed by atoms with van der Waals surface area (Å²) in [5.74, 6) is -2.91. The fourth-order valence-corrected chi connectivity index (χ4v) is 11.0. The fourth-order valence-electron chi connectivity index (χ4n) is 10.2. The maximum absolute atomic E-state index is 16.1. The number of halogens is 3. The summed E-state index contributed by atoms with van der Waals surface area (Å²) in [5.41, 5.74) is 6.38. The summed E-state index contributed by atoms with van der Waals surface area (Å²) in [5, 5.41) is 16.7. The van der Waals surface area contributed by atoms with Crippen LogP contribution in [0.5, 0.6) is 5.75 Å². The van der Waals surface area contributed by atoms with Crippen molar-refractivity contribution in [2.24, 2.45) is 5.41 Å². The van der Waals surface area contributed by atoms with E-state index in [2.05, 4.69) is 15.6 Å². The number of nitrogens with one attached hydrogen (secondary N) is 2. The molecule has 3 aromatic carbocycles. The van der Waals surface area contributed by atoms with Crippen LogP contribution in [0, 0.1) is 24.0 Å². The second-order valence-corrected chi connectivity index (χ2v) is 22.4. The van der Waals surface area contributed by atoms with Gasteiger partial charge >= 0.3 is 0 Å². The van der Waals surface area contributed by atoms with Gasteiger partial charge in [-0.2, -0.15) is 0 Å². The molecule has 0 spiro atoms. The summed E-state index contributed by atoms with van der Waals surface area (Å²) in [6.07, 6.45) is 0.334. The molecule has 14 nitrogen and oxygen atoms in total. The first kappa shape index (κ1) is 56.5. The van der Waals surface area contributed by atoms with Crippen molar-refractivity contribution in [2.75, 3.05) is 80.0 Å². The van der Waals surface area contributed by atoms with Gasteiger partial charge in [0.15, 0.2) is 0 Å². The number of aliphatic hydroxyl groups excluding tert-OH is 1. The van der Waals surface area contributed by atoms with Crippen molar-refractivity contribution < 1.29 is 51.6 Å². The molecular formula is C56H73F3N6O8S. The van der Waals surface area contributed by atoms with Crippen molar-refractivity contribution in [3.05, 3.63) is 111 Å². The van der Waals surface area contributed by atoms with Crippen LogP contribution in [0.1, 0.15) is 94.4 Å². The van der Waals surface area contributed by atoms with Gasteiger partial charge in [-0.1, -0.05) is 69.3 Å². The lowest BCUT2D eigenvalue weighted by atomic mass is 9.84. The molecule has 4 aromatic rings. The molecule has 3 aliphatic rings. The van der Waals surface area contributed by atoms with Crippen molar-refractivity contribution in [1.29, 1.82) is 0 Å². The minimum absolute atomic E-state index is 0.0134. The van der Waals surface area contributed by atoms with Gasteiger partial charge in [0.2, 0.25) is 17.7 Å². The van der Waals surface area contributed by atoms with Crippen molar-refractivity contribution in [2.45, 2.75) is 110 Å². The molecule has 2 aliphatic heterocycles. The van der Waals surface area contributed by atoms with E-state index in [9.17, 15) is 19.5 Å². The van der Waals surface area contributed by atoms with E-state index in [-0.39, 0.29) is 83.1 Å². The van der Waals surface area contributed by atoms with Crippen molar-refractivity contribution in [3.63, 3.8) is 0 Å². The van der Waals surface area contributed by atoms with Gasteiger partial charge in [0, 0.05) is 49.8 Å². The maximum atomic E-state index is 16.1. The third kappa shape index (κ3) is 14.2. The van der Waals surface area contributed by atoms with E-state index in [1.807, 2.05) is 113 Å². The number of aliphatic hydroxyl groups is 1. The lowest BCUT2D eigenvalue weighted by molar-refractivity contribution is -0.144. The monoisotopic (exact) mass is 1050 g/mol. The summed E-state index contributed by atoms with van der Waals surface area (Å²) in [7, 11) is 3.83. The molecule has 6 atom stereocenters. The first-order valence-electron chi connectivity index (χ1n) is 25.4. The average Bonchev–Trinajstić information content (AvgIpc) is 4.05. The first-order chi connectivity index (χ1) is 35.1. The lowest BCUT2D eigenvalue weighted by Gasteiger charge is -2.44. The summed E-state index contributed by atoms with van der Waals surface area (Å²) >= 11 is 1.56. The molecule has 3 heterocycles. The van der Waals surface area contributed by atoms with Crippen LogP contribution in [-0.4, -0.2) is 152 Å². The number of rotatable bonds is 23. The highest BCUT2D eigenvalue weighted by Gasteiger charge is 2.46. The van der Waals surface area contributed by atoms with Gasteiger partial charge in [0.1, 0.15) is 48.4 Å². The average molecular weight is 1050 g/mol. The second kappa shape index (κ2) is 24.6. The molecule has 0 radical (unpaired) electrons. The van der Waals surface area contributed by atoms with Crippen molar-refractivity contribution >= 4 is 34.6 Å². The van der Waals surface area contributed by atoms with Crippen LogP contribution in [-0.2, 0) is 35.0 Å². The minimum Gasteiger partial charge on any atom is -0.491 e. The number of aromatic nitrogens is 1. The Labute approximate surface area is 437 Å². The Morgan fingerprint density at radius 3 is 2.19 bits per heavy atom. The molecule has 7 rings (SSSR count). The van der Waals surface area contributed by atoms with E-state index in [0.717, 1.165) is 44.0 Å². The van der Waals surface area contributed by atoms with E-state index in [0.29, 0.717) is 19.4 Å². The van der Waals surface area contributed by atoms with Crippen molar-refractivity contribution in [3.8, 4) is 16.2 Å². The van der Waals surface area contributed by atoms with Gasteiger partial charge < -0.3 is 44.5 Å². The number of hydrogen-bond acceptors (Lipinski definition) is 12. The smallest absolute Gasteiger partial charge is 0.246 e. The van der Waals surface area contributed by atoms with Crippen LogP contribution < -0.4 is 15.4 Å². The predicted octanol–water partition coefficient (Wildman–Crippen LogP) is 7.63. The third-order valence-corrected chi connectivity index (χ3v) is 14.6. The van der Waals surface area contributed by atoms with Crippen LogP contribution in [0.2, 0.25) is 0 Å². The molecule has 1 fully saturated rings. The summed E-state index contributed by atoms with van der Waals surface area (Å²) < 4.78 is 69.7. The number of benzene rings is 3. The molecular weight excluding hydrogens is 974 g/mol. The van der Waals surface area contributed by atoms with Gasteiger partial charge in [-0.3, -0.25) is 19.3 Å². The Morgan fingerprint density at radius 1 is 0.919 bits per heavy atom. The number of fused-ring (bicyclic) bond motifs is 2. The SMILES string of the molecule is Cc1ncsc1-c1ccc([C@H](CN(C)C)NC(=O)[C@@H]2C[C@@H](O)CN2C(=O)[C@@H](NC(=O)COCCOCCOCCOc2cc(F)c(C3C4=C(C[C@@H](C)N3CC(C)(C)F)c3ccccc3C4)c(F)c2)C(C)(C)C)cc1. The molecule has 0 saturated carbocycles. The largest absolute Gasteiger partial charge is 0.491 e. The number of aryl methyl sites for hydroxylation is 1. The lowest BCUT2D eigenvalue weighted by Crippen LogP contribution is -2.58. The fraction of sp³-hybridized carbons (Fsp3) is 0.536. The van der Waals surface area contributed by atoms with Crippen LogP contribution in [0.3, 0.4) is 0 Å². The zero-order valence-electron chi connectivity index (χ0n) is 44.1. The number of hydrogen-bond donors (Lipinski definition) is 3. The van der Waals surface area contributed by atoms with Gasteiger partial charge in [-0.15, -0.1) is 11.3 Å². The van der Waals surface area contributed by atoms with E-state index in [1.165, 1.54) is 30.9 Å². The van der Waals surface area contributed by atoms with Crippen LogP contribution >= 0.6 is 11.3 Å². The first-order valence-corrected chi connectivity index (χ1v) is 26.3. The normalized spacial score (nSPS) is 19.9.